The van der Waals surface area contributed by atoms with Gasteiger partial charge in [-0.3, -0.25) is 9.59 Å². The maximum absolute atomic E-state index is 12.2. The van der Waals surface area contributed by atoms with E-state index in [4.69, 9.17) is 14.3 Å². The van der Waals surface area contributed by atoms with Crippen molar-refractivity contribution < 1.29 is 32.3 Å². The fourth-order valence-corrected chi connectivity index (χ4v) is 2.69. The first-order chi connectivity index (χ1) is 10.5. The summed E-state index contributed by atoms with van der Waals surface area (Å²) in [6.45, 7) is 1.49. The van der Waals surface area contributed by atoms with Crippen molar-refractivity contribution >= 4 is 21.9 Å². The van der Waals surface area contributed by atoms with Crippen molar-refractivity contribution in [3.8, 4) is 0 Å². The van der Waals surface area contributed by atoms with E-state index in [9.17, 15) is 18.0 Å². The van der Waals surface area contributed by atoms with Crippen LogP contribution in [0.25, 0.3) is 0 Å². The highest BCUT2D eigenvalue weighted by Crippen LogP contribution is 2.18. The number of carboxylic acids is 1. The van der Waals surface area contributed by atoms with Gasteiger partial charge in [0.1, 0.15) is 6.26 Å². The van der Waals surface area contributed by atoms with Crippen molar-refractivity contribution in [3.63, 3.8) is 0 Å². The Bertz CT molecular complexity index is 680. The number of carboxylic acid groups (broad SMARTS) is 1. The average molecular weight is 348 g/mol. The summed E-state index contributed by atoms with van der Waals surface area (Å²) in [6.07, 6.45) is 0.646. The molecule has 10 heteroatoms. The lowest BCUT2D eigenvalue weighted by Gasteiger charge is -2.28. The molecule has 0 aromatic carbocycles. The number of amides is 1. The number of hydrogen-bond donors (Lipinski definition) is 2. The Hall–Kier alpha value is -1.91. The second kappa shape index (κ2) is 7.11. The molecule has 1 aromatic rings. The lowest BCUT2D eigenvalue weighted by Crippen LogP contribution is -2.50. The summed E-state index contributed by atoms with van der Waals surface area (Å²) < 4.78 is 34.6. The van der Waals surface area contributed by atoms with Gasteiger partial charge in [0.15, 0.2) is 0 Å². The summed E-state index contributed by atoms with van der Waals surface area (Å²) in [6, 6.07) is 1.08. The third-order valence-electron chi connectivity index (χ3n) is 2.99. The average Bonchev–Trinajstić information content (AvgIpc) is 2.87. The van der Waals surface area contributed by atoms with E-state index < -0.39 is 27.4 Å². The van der Waals surface area contributed by atoms with Gasteiger partial charge in [-0.15, -0.1) is 0 Å². The number of rotatable bonds is 8. The van der Waals surface area contributed by atoms with Gasteiger partial charge >= 0.3 is 5.97 Å². The van der Waals surface area contributed by atoms with Crippen LogP contribution in [0.15, 0.2) is 21.8 Å². The number of carbonyl (C=O) groups is 2. The quantitative estimate of drug-likeness (QED) is 0.684. The molecular weight excluding hydrogens is 328 g/mol. The number of nitrogens with zero attached hydrogens (tertiary/aromatic N) is 1. The van der Waals surface area contributed by atoms with Gasteiger partial charge in [0.05, 0.1) is 24.1 Å². The first kappa shape index (κ1) is 19.1. The first-order valence-corrected chi connectivity index (χ1v) is 8.00. The maximum atomic E-state index is 12.2. The molecule has 0 spiro atoms. The summed E-state index contributed by atoms with van der Waals surface area (Å²) in [7, 11) is 0.253. The number of ether oxygens (including phenoxy) is 1. The topological polar surface area (TPSA) is 126 Å². The van der Waals surface area contributed by atoms with Crippen LogP contribution in [-0.2, 0) is 19.6 Å². The van der Waals surface area contributed by atoms with Crippen LogP contribution in [0, 0.1) is 0 Å². The van der Waals surface area contributed by atoms with E-state index in [-0.39, 0.29) is 23.7 Å². The van der Waals surface area contributed by atoms with Crippen LogP contribution in [0.3, 0.4) is 0 Å². The fourth-order valence-electron chi connectivity index (χ4n) is 1.88. The third-order valence-corrected chi connectivity index (χ3v) is 4.68. The number of aliphatic carboxylic acids is 1. The molecule has 0 radical (unpaired) electrons. The normalized spacial score (nSPS) is 14.5. The third kappa shape index (κ3) is 4.78. The first-order valence-electron chi connectivity index (χ1n) is 6.56. The van der Waals surface area contributed by atoms with Crippen LogP contribution in [0.4, 0.5) is 0 Å². The van der Waals surface area contributed by atoms with E-state index >= 15 is 0 Å². The molecule has 1 heterocycles. The molecule has 1 unspecified atom stereocenters. The lowest BCUT2D eigenvalue weighted by atomic mass is 9.98. The number of sulfonamides is 1. The predicted molar refractivity (Wildman–Crippen MR) is 79.6 cm³/mol. The van der Waals surface area contributed by atoms with E-state index in [1.165, 1.54) is 28.1 Å². The molecule has 0 aliphatic heterocycles. The van der Waals surface area contributed by atoms with Gasteiger partial charge in [-0.2, -0.15) is 0 Å². The molecule has 9 nitrogen and oxygen atoms in total. The molecule has 1 rings (SSSR count). The van der Waals surface area contributed by atoms with E-state index in [1.54, 1.807) is 0 Å². The smallest absolute Gasteiger partial charge is 0.305 e. The van der Waals surface area contributed by atoms with E-state index in [2.05, 4.69) is 5.32 Å². The fraction of sp³-hybridized carbons (Fsp3) is 0.538. The summed E-state index contributed by atoms with van der Waals surface area (Å²) in [5.41, 5.74) is -1.17. The Morgan fingerprint density at radius 2 is 2.04 bits per heavy atom. The molecule has 0 saturated heterocycles. The zero-order chi connectivity index (χ0) is 17.8. The lowest BCUT2D eigenvalue weighted by molar-refractivity contribution is -0.139. The van der Waals surface area contributed by atoms with Crippen molar-refractivity contribution in [1.82, 2.24) is 9.62 Å². The molecule has 23 heavy (non-hydrogen) atoms. The minimum absolute atomic E-state index is 0.0221. The minimum atomic E-state index is -3.79. The van der Waals surface area contributed by atoms with Crippen molar-refractivity contribution in [3.05, 3.63) is 17.9 Å². The molecule has 1 aromatic heterocycles. The molecule has 0 bridgehead atoms. The van der Waals surface area contributed by atoms with E-state index in [1.807, 2.05) is 0 Å². The van der Waals surface area contributed by atoms with Crippen LogP contribution < -0.4 is 5.32 Å². The van der Waals surface area contributed by atoms with Crippen LogP contribution in [-0.4, -0.2) is 63.1 Å². The van der Waals surface area contributed by atoms with Gasteiger partial charge in [-0.1, -0.05) is 0 Å². The van der Waals surface area contributed by atoms with E-state index in [0.717, 1.165) is 16.6 Å². The number of nitrogens with one attached hydrogen (secondary N) is 1. The molecular formula is C13H20N2O7S. The van der Waals surface area contributed by atoms with Crippen molar-refractivity contribution in [1.29, 1.82) is 0 Å². The van der Waals surface area contributed by atoms with Gasteiger partial charge < -0.3 is 19.6 Å². The largest absolute Gasteiger partial charge is 0.481 e. The monoisotopic (exact) mass is 348 g/mol. The highest BCUT2D eigenvalue weighted by atomic mass is 32.2. The Morgan fingerprint density at radius 3 is 2.52 bits per heavy atom. The molecule has 0 aliphatic carbocycles. The molecule has 0 saturated carbocycles. The SMILES string of the molecule is COCC(C)(CC(=O)O)NC(=O)c1coc(S(=O)(=O)N(C)C)c1. The minimum Gasteiger partial charge on any atom is -0.481 e. The van der Waals surface area contributed by atoms with Gasteiger partial charge in [-0.05, 0) is 6.92 Å². The number of methoxy groups -OCH3 is 1. The zero-order valence-corrected chi connectivity index (χ0v) is 14.1. The van der Waals surface area contributed by atoms with Gasteiger partial charge in [0, 0.05) is 27.3 Å². The summed E-state index contributed by atoms with van der Waals surface area (Å²) in [5, 5.41) is 11.1. The second-order valence-corrected chi connectivity index (χ2v) is 7.54. The molecule has 2 N–H and O–H groups in total. The highest BCUT2D eigenvalue weighted by Gasteiger charge is 2.31. The molecule has 1 amide bonds. The van der Waals surface area contributed by atoms with Crippen molar-refractivity contribution in [2.24, 2.45) is 0 Å². The summed E-state index contributed by atoms with van der Waals surface area (Å²) in [5.74, 6) is -1.76. The van der Waals surface area contributed by atoms with Gasteiger partial charge in [0.2, 0.25) is 5.09 Å². The summed E-state index contributed by atoms with van der Waals surface area (Å²) >= 11 is 0. The highest BCUT2D eigenvalue weighted by molar-refractivity contribution is 7.88. The zero-order valence-electron chi connectivity index (χ0n) is 13.3. The molecule has 130 valence electrons. The number of carbonyl (C=O) groups excluding carboxylic acids is 1. The predicted octanol–water partition coefficient (Wildman–Crippen LogP) is 0.140. The van der Waals surface area contributed by atoms with Crippen LogP contribution in [0.5, 0.6) is 0 Å². The van der Waals surface area contributed by atoms with Crippen LogP contribution >= 0.6 is 0 Å². The number of furan rings is 1. The van der Waals surface area contributed by atoms with Crippen molar-refractivity contribution in [2.45, 2.75) is 24.0 Å². The molecule has 0 fully saturated rings. The van der Waals surface area contributed by atoms with E-state index in [0.29, 0.717) is 0 Å². The molecule has 0 aliphatic rings. The Balaban J connectivity index is 2.98. The molecule has 1 atom stereocenters. The number of hydrogen-bond acceptors (Lipinski definition) is 6. The van der Waals surface area contributed by atoms with Gasteiger partial charge in [-0.25, -0.2) is 12.7 Å². The second-order valence-electron chi connectivity index (χ2n) is 5.46. The van der Waals surface area contributed by atoms with Crippen LogP contribution in [0.2, 0.25) is 0 Å². The summed E-state index contributed by atoms with van der Waals surface area (Å²) in [4.78, 5) is 23.1. The van der Waals surface area contributed by atoms with Crippen molar-refractivity contribution in [2.75, 3.05) is 27.8 Å². The Labute approximate surface area is 134 Å². The van der Waals surface area contributed by atoms with Crippen LogP contribution in [0.1, 0.15) is 23.7 Å². The van der Waals surface area contributed by atoms with Gasteiger partial charge in [0.25, 0.3) is 15.9 Å². The Kier molecular flexibility index (Phi) is 5.92. The maximum Gasteiger partial charge on any atom is 0.305 e. The Morgan fingerprint density at radius 1 is 1.43 bits per heavy atom. The standard InChI is InChI=1S/C13H20N2O7S/c1-13(8-21-4,6-10(16)17)14-12(18)9-5-11(22-7-9)23(19,20)15(2)3/h5,7H,6,8H2,1-4H3,(H,14,18)(H,16,17).